The molecule has 10 nitrogen and oxygen atoms in total. The third-order valence-corrected chi connectivity index (χ3v) is 12.2. The van der Waals surface area contributed by atoms with E-state index in [2.05, 4.69) is 63.3 Å². The van der Waals surface area contributed by atoms with Crippen LogP contribution in [0.5, 0.6) is 6.01 Å². The van der Waals surface area contributed by atoms with E-state index in [0.717, 1.165) is 82.8 Å². The third-order valence-electron chi connectivity index (χ3n) is 12.2. The topological polar surface area (TPSA) is 86.3 Å². The molecule has 4 saturated heterocycles. The van der Waals surface area contributed by atoms with Gasteiger partial charge in [-0.2, -0.15) is 9.97 Å². The van der Waals surface area contributed by atoms with E-state index >= 15 is 0 Å². The van der Waals surface area contributed by atoms with Crippen molar-refractivity contribution in [3.8, 4) is 6.01 Å². The van der Waals surface area contributed by atoms with E-state index in [4.69, 9.17) is 19.4 Å². The van der Waals surface area contributed by atoms with Crippen LogP contribution in [0.25, 0.3) is 10.8 Å². The van der Waals surface area contributed by atoms with Crippen LogP contribution in [0.3, 0.4) is 0 Å². The molecule has 4 atom stereocenters. The van der Waals surface area contributed by atoms with Crippen LogP contribution in [0, 0.1) is 0 Å². The van der Waals surface area contributed by atoms with E-state index in [-0.39, 0.29) is 17.7 Å². The minimum atomic E-state index is -0.210. The summed E-state index contributed by atoms with van der Waals surface area (Å²) in [4.78, 5) is 32.4. The summed E-state index contributed by atoms with van der Waals surface area (Å²) < 4.78 is 12.5. The maximum Gasteiger partial charge on any atom is 0.409 e. The fraction of sp³-hybridized carbons (Fsp3) is 0.615. The fourth-order valence-electron chi connectivity index (χ4n) is 9.57. The fourth-order valence-corrected chi connectivity index (χ4v) is 9.57. The van der Waals surface area contributed by atoms with E-state index < -0.39 is 0 Å². The molecule has 2 unspecified atom stereocenters. The van der Waals surface area contributed by atoms with Crippen LogP contribution in [0.2, 0.25) is 0 Å². The highest BCUT2D eigenvalue weighted by atomic mass is 16.6. The summed E-state index contributed by atoms with van der Waals surface area (Å²) in [5.41, 5.74) is 5.00. The van der Waals surface area contributed by atoms with Crippen molar-refractivity contribution in [1.29, 1.82) is 0 Å². The average molecular weight is 668 g/mol. The number of rotatable bonds is 10. The minimum absolute atomic E-state index is 0.0641. The number of nitrogens with zero attached hydrogens (tertiary/aromatic N) is 6. The Morgan fingerprint density at radius 1 is 0.980 bits per heavy atom. The van der Waals surface area contributed by atoms with Crippen LogP contribution < -0.4 is 19.9 Å². The first-order valence-corrected chi connectivity index (χ1v) is 19.0. The van der Waals surface area contributed by atoms with Crippen LogP contribution in [0.1, 0.15) is 76.1 Å². The Hall–Kier alpha value is -3.63. The van der Waals surface area contributed by atoms with Crippen molar-refractivity contribution in [2.24, 2.45) is 0 Å². The van der Waals surface area contributed by atoms with Gasteiger partial charge in [0.2, 0.25) is 0 Å². The molecule has 1 N–H and O–H groups in total. The average Bonchev–Trinajstić information content (AvgIpc) is 3.81. The number of nitrogens with one attached hydrogen (secondary N) is 1. The largest absolute Gasteiger partial charge is 0.461 e. The van der Waals surface area contributed by atoms with Crippen LogP contribution >= 0.6 is 0 Å². The van der Waals surface area contributed by atoms with Gasteiger partial charge in [-0.25, -0.2) is 4.79 Å². The summed E-state index contributed by atoms with van der Waals surface area (Å²) in [5.74, 6) is 1.08. The molecule has 0 aliphatic carbocycles. The molecule has 8 rings (SSSR count). The van der Waals surface area contributed by atoms with Gasteiger partial charge < -0.3 is 29.5 Å². The van der Waals surface area contributed by atoms with Crippen molar-refractivity contribution in [2.45, 2.75) is 102 Å². The van der Waals surface area contributed by atoms with Crippen molar-refractivity contribution < 1.29 is 14.3 Å². The summed E-state index contributed by atoms with van der Waals surface area (Å²) in [6, 6.07) is 15.2. The van der Waals surface area contributed by atoms with Gasteiger partial charge in [-0.05, 0) is 88.8 Å². The molecule has 2 bridgehead atoms. The van der Waals surface area contributed by atoms with Gasteiger partial charge in [0, 0.05) is 67.5 Å². The number of aromatic nitrogens is 2. The summed E-state index contributed by atoms with van der Waals surface area (Å²) >= 11 is 0. The molecule has 4 fully saturated rings. The number of carbonyl (C=O) groups excluding carboxylic acids is 1. The lowest BCUT2D eigenvalue weighted by molar-refractivity contribution is 0.0449. The molecular formula is C39H53N7O3. The molecule has 262 valence electrons. The van der Waals surface area contributed by atoms with Gasteiger partial charge in [0.15, 0.2) is 0 Å². The van der Waals surface area contributed by atoms with Crippen LogP contribution in [-0.2, 0) is 24.1 Å². The van der Waals surface area contributed by atoms with E-state index in [0.29, 0.717) is 44.4 Å². The first-order chi connectivity index (χ1) is 24.0. The van der Waals surface area contributed by atoms with Crippen LogP contribution in [0.15, 0.2) is 36.4 Å². The first kappa shape index (κ1) is 32.6. The zero-order valence-corrected chi connectivity index (χ0v) is 29.6. The molecule has 1 amide bonds. The Kier molecular flexibility index (Phi) is 9.03. The lowest BCUT2D eigenvalue weighted by Crippen LogP contribution is -2.52. The van der Waals surface area contributed by atoms with Gasteiger partial charge in [-0.1, -0.05) is 37.3 Å². The first-order valence-electron chi connectivity index (χ1n) is 19.0. The second-order valence-electron chi connectivity index (χ2n) is 14.9. The lowest BCUT2D eigenvalue weighted by atomic mass is 9.95. The standard InChI is InChI=1S/C39H53N7O3/c1-4-27-10-7-11-28-12-8-13-34(35(27)28)44-21-17-32-33(24-44)41-37(42-36(32)45-22-29-14-15-30(23-45)40-29)49-26-39-18-9-20-46(39)31(16-19-39)25-48-38(47)43(5-2)6-3/h7-8,10-13,29-31,40H,4-6,9,14-26H2,1-3H3/t29?,30?,31-,39-/m1/s1. The quantitative estimate of drug-likeness (QED) is 0.299. The monoisotopic (exact) mass is 667 g/mol. The minimum Gasteiger partial charge on any atom is -0.461 e. The lowest BCUT2D eigenvalue weighted by Gasteiger charge is -2.38. The predicted molar refractivity (Wildman–Crippen MR) is 194 cm³/mol. The van der Waals surface area contributed by atoms with E-state index in [1.54, 1.807) is 4.90 Å². The molecule has 10 heteroatoms. The second-order valence-corrected chi connectivity index (χ2v) is 14.9. The zero-order valence-electron chi connectivity index (χ0n) is 29.6. The zero-order chi connectivity index (χ0) is 33.5. The van der Waals surface area contributed by atoms with Gasteiger partial charge in [-0.3, -0.25) is 4.90 Å². The molecular weight excluding hydrogens is 614 g/mol. The Morgan fingerprint density at radius 2 is 1.78 bits per heavy atom. The number of piperazine rings is 1. The number of ether oxygens (including phenoxy) is 2. The Labute approximate surface area is 291 Å². The second kappa shape index (κ2) is 13.6. The number of amides is 1. The van der Waals surface area contributed by atoms with E-state index in [1.807, 2.05) is 13.8 Å². The molecule has 6 heterocycles. The Bertz CT molecular complexity index is 1660. The van der Waals surface area contributed by atoms with Crippen LogP contribution in [0.4, 0.5) is 16.3 Å². The van der Waals surface area contributed by atoms with Gasteiger partial charge in [0.25, 0.3) is 0 Å². The number of hydrogen-bond acceptors (Lipinski definition) is 9. The molecule has 49 heavy (non-hydrogen) atoms. The maximum atomic E-state index is 12.6. The molecule has 2 aromatic carbocycles. The highest BCUT2D eigenvalue weighted by Gasteiger charge is 2.50. The highest BCUT2D eigenvalue weighted by molar-refractivity contribution is 5.97. The molecule has 0 saturated carbocycles. The number of aryl methyl sites for hydroxylation is 1. The van der Waals surface area contributed by atoms with Crippen molar-refractivity contribution in [1.82, 2.24) is 25.1 Å². The van der Waals surface area contributed by atoms with Crippen molar-refractivity contribution in [3.63, 3.8) is 0 Å². The Balaban J connectivity index is 1.05. The SMILES string of the molecule is CCc1cccc2cccc(N3CCc4c(nc(OC[C@]56CCCN5[C@@H](COC(=O)N(CC)CC)CC6)nc4N4CC5CCC(C4)N5)C3)c12. The summed E-state index contributed by atoms with van der Waals surface area (Å²) in [5, 5.41) is 6.45. The highest BCUT2D eigenvalue weighted by Crippen LogP contribution is 2.43. The molecule has 5 aliphatic heterocycles. The molecule has 3 aromatic rings. The molecule has 5 aliphatic rings. The normalized spacial score (nSPS) is 26.2. The van der Waals surface area contributed by atoms with Crippen molar-refractivity contribution in [3.05, 3.63) is 53.2 Å². The van der Waals surface area contributed by atoms with Crippen molar-refractivity contribution in [2.75, 3.05) is 62.3 Å². The number of carbonyl (C=O) groups is 1. The number of anilines is 2. The molecule has 0 spiro atoms. The molecule has 1 aromatic heterocycles. The van der Waals surface area contributed by atoms with E-state index in [9.17, 15) is 4.79 Å². The third kappa shape index (κ3) is 6.09. The van der Waals surface area contributed by atoms with Crippen LogP contribution in [-0.4, -0.2) is 102 Å². The number of benzene rings is 2. The summed E-state index contributed by atoms with van der Waals surface area (Å²) in [6.45, 7) is 13.2. The summed E-state index contributed by atoms with van der Waals surface area (Å²) in [7, 11) is 0. The maximum absolute atomic E-state index is 12.6. The number of hydrogen-bond donors (Lipinski definition) is 1. The predicted octanol–water partition coefficient (Wildman–Crippen LogP) is 5.55. The molecule has 0 radical (unpaired) electrons. The van der Waals surface area contributed by atoms with Gasteiger partial charge in [0.05, 0.1) is 17.8 Å². The van der Waals surface area contributed by atoms with Crippen molar-refractivity contribution >= 4 is 28.4 Å². The van der Waals surface area contributed by atoms with Gasteiger partial charge in [0.1, 0.15) is 19.0 Å². The smallest absolute Gasteiger partial charge is 0.409 e. The van der Waals surface area contributed by atoms with E-state index in [1.165, 1.54) is 40.4 Å². The van der Waals surface area contributed by atoms with Gasteiger partial charge in [-0.15, -0.1) is 0 Å². The number of fused-ring (bicyclic) bond motifs is 5. The summed E-state index contributed by atoms with van der Waals surface area (Å²) in [6.07, 6.45) is 8.43. The Morgan fingerprint density at radius 3 is 2.55 bits per heavy atom. The van der Waals surface area contributed by atoms with Gasteiger partial charge >= 0.3 is 12.1 Å².